The fraction of sp³-hybridized carbons (Fsp3) is 0.622. The Bertz CT molecular complexity index is 1130. The summed E-state index contributed by atoms with van der Waals surface area (Å²) < 4.78 is 12.3. The highest BCUT2D eigenvalue weighted by Crippen LogP contribution is 2.43. The molecule has 6 nitrogen and oxygen atoms in total. The summed E-state index contributed by atoms with van der Waals surface area (Å²) in [5.74, 6) is -1.02. The van der Waals surface area contributed by atoms with Gasteiger partial charge in [0.15, 0.2) is 5.41 Å². The van der Waals surface area contributed by atoms with Crippen molar-refractivity contribution in [2.45, 2.75) is 142 Å². The molecule has 0 saturated carbocycles. The molecule has 0 atom stereocenters. The van der Waals surface area contributed by atoms with E-state index in [2.05, 4.69) is 114 Å². The Hall–Kier alpha value is -2.70. The molecular weight excluding hydrogens is 536 g/mol. The lowest BCUT2D eigenvalue weighted by molar-refractivity contribution is -0.186. The van der Waals surface area contributed by atoms with Crippen LogP contribution in [0.5, 0.6) is 0 Å². The Kier molecular flexibility index (Phi) is 9.27. The minimum atomic E-state index is -1.40. The Labute approximate surface area is 260 Å². The van der Waals surface area contributed by atoms with E-state index in [-0.39, 0.29) is 34.4 Å². The summed E-state index contributed by atoms with van der Waals surface area (Å²) in [7, 11) is 0. The third-order valence-corrected chi connectivity index (χ3v) is 9.77. The van der Waals surface area contributed by atoms with E-state index in [0.717, 1.165) is 13.1 Å². The highest BCUT2D eigenvalue weighted by Gasteiger charge is 2.51. The number of esters is 2. The number of ether oxygens (including phenoxy) is 2. The molecule has 2 fully saturated rings. The van der Waals surface area contributed by atoms with E-state index in [9.17, 15) is 9.59 Å². The van der Waals surface area contributed by atoms with E-state index in [1.54, 1.807) is 13.8 Å². The predicted molar refractivity (Wildman–Crippen MR) is 172 cm³/mol. The van der Waals surface area contributed by atoms with Gasteiger partial charge in [0.2, 0.25) is 0 Å². The number of likely N-dealkylation sites (tertiary alicyclic amines) is 2. The Morgan fingerprint density at radius 1 is 0.605 bits per heavy atom. The van der Waals surface area contributed by atoms with Crippen LogP contribution in [0.3, 0.4) is 0 Å². The zero-order chi connectivity index (χ0) is 31.8. The summed E-state index contributed by atoms with van der Waals surface area (Å²) in [5, 5.41) is 0. The molecule has 2 aromatic rings. The van der Waals surface area contributed by atoms with Crippen molar-refractivity contribution >= 4 is 11.9 Å². The molecule has 0 spiro atoms. The first-order valence-electron chi connectivity index (χ1n) is 15.9. The van der Waals surface area contributed by atoms with Gasteiger partial charge >= 0.3 is 11.9 Å². The number of benzene rings is 2. The number of piperidine rings is 2. The third kappa shape index (κ3) is 7.51. The van der Waals surface area contributed by atoms with Gasteiger partial charge in [-0.3, -0.25) is 19.4 Å². The second-order valence-corrected chi connectivity index (χ2v) is 15.9. The molecule has 0 unspecified atom stereocenters. The van der Waals surface area contributed by atoms with Crippen molar-refractivity contribution in [2.75, 3.05) is 0 Å². The van der Waals surface area contributed by atoms with Gasteiger partial charge in [0.25, 0.3) is 0 Å². The molecule has 0 bridgehead atoms. The number of rotatable bonds is 8. The zero-order valence-corrected chi connectivity index (χ0v) is 28.2. The maximum Gasteiger partial charge on any atom is 0.323 e. The third-order valence-electron chi connectivity index (χ3n) is 9.77. The molecule has 2 heterocycles. The second kappa shape index (κ2) is 12.0. The number of hydrogen-bond acceptors (Lipinski definition) is 6. The van der Waals surface area contributed by atoms with Crippen LogP contribution in [0.1, 0.15) is 106 Å². The lowest BCUT2D eigenvalue weighted by Gasteiger charge is -2.55. The van der Waals surface area contributed by atoms with E-state index in [4.69, 9.17) is 9.47 Å². The fourth-order valence-electron chi connectivity index (χ4n) is 7.69. The average Bonchev–Trinajstić information content (AvgIpc) is 2.88. The molecule has 236 valence electrons. The highest BCUT2D eigenvalue weighted by molar-refractivity contribution is 5.99. The van der Waals surface area contributed by atoms with Crippen molar-refractivity contribution in [1.29, 1.82) is 0 Å². The molecule has 2 saturated heterocycles. The molecule has 43 heavy (non-hydrogen) atoms. The van der Waals surface area contributed by atoms with Crippen LogP contribution < -0.4 is 0 Å². The number of carbonyl (C=O) groups is 2. The summed E-state index contributed by atoms with van der Waals surface area (Å²) in [4.78, 5) is 32.2. The molecule has 0 radical (unpaired) electrons. The van der Waals surface area contributed by atoms with Gasteiger partial charge in [-0.05, 0) is 80.4 Å². The lowest BCUT2D eigenvalue weighted by Crippen LogP contribution is -2.62. The summed E-state index contributed by atoms with van der Waals surface area (Å²) >= 11 is 0. The first-order chi connectivity index (χ1) is 19.8. The van der Waals surface area contributed by atoms with Crippen molar-refractivity contribution < 1.29 is 19.1 Å². The molecule has 6 heteroatoms. The van der Waals surface area contributed by atoms with Crippen LogP contribution in [0.15, 0.2) is 60.7 Å². The van der Waals surface area contributed by atoms with Crippen LogP contribution in [-0.2, 0) is 32.2 Å². The maximum absolute atomic E-state index is 13.6. The molecule has 0 N–H and O–H groups in total. The van der Waals surface area contributed by atoms with Gasteiger partial charge in [-0.2, -0.15) is 0 Å². The SMILES string of the molecule is CC(C)(C(=O)OC1CC(C)(C)N(Cc2ccccc2)C(C)(C)C1)C(=O)OC1CC(C)(C)N(Cc2ccccc2)C(C)(C)C1. The van der Waals surface area contributed by atoms with Crippen LogP contribution in [0.2, 0.25) is 0 Å². The quantitative estimate of drug-likeness (QED) is 0.234. The number of hydrogen-bond donors (Lipinski definition) is 0. The maximum atomic E-state index is 13.6. The number of nitrogens with zero attached hydrogens (tertiary/aromatic N) is 2. The van der Waals surface area contributed by atoms with Gasteiger partial charge in [0, 0.05) is 60.9 Å². The van der Waals surface area contributed by atoms with Crippen molar-refractivity contribution in [3.63, 3.8) is 0 Å². The summed E-state index contributed by atoms with van der Waals surface area (Å²) in [5.41, 5.74) is 0.345. The Balaban J connectivity index is 1.39. The standard InChI is InChI=1S/C37H54N2O4/c1-33(2)21-29(22-34(3,4)38(33)25-27-17-13-11-14-18-27)42-31(40)37(9,10)32(41)43-30-23-35(5,6)39(36(7,8)24-30)26-28-19-15-12-16-20-28/h11-20,29-30H,21-26H2,1-10H3. The minimum Gasteiger partial charge on any atom is -0.461 e. The zero-order valence-electron chi connectivity index (χ0n) is 28.2. The topological polar surface area (TPSA) is 59.1 Å². The fourth-order valence-corrected chi connectivity index (χ4v) is 7.69. The monoisotopic (exact) mass is 590 g/mol. The van der Waals surface area contributed by atoms with Crippen molar-refractivity contribution in [2.24, 2.45) is 5.41 Å². The molecule has 4 rings (SSSR count). The van der Waals surface area contributed by atoms with Crippen molar-refractivity contribution in [3.05, 3.63) is 71.8 Å². The summed E-state index contributed by atoms with van der Waals surface area (Å²) in [6, 6.07) is 21.0. The summed E-state index contributed by atoms with van der Waals surface area (Å²) in [6.45, 7) is 22.6. The van der Waals surface area contributed by atoms with Crippen LogP contribution in [0, 0.1) is 5.41 Å². The van der Waals surface area contributed by atoms with E-state index < -0.39 is 17.4 Å². The first-order valence-corrected chi connectivity index (χ1v) is 15.9. The summed E-state index contributed by atoms with van der Waals surface area (Å²) in [6.07, 6.45) is 2.22. The van der Waals surface area contributed by atoms with Crippen LogP contribution in [0.4, 0.5) is 0 Å². The first kappa shape index (κ1) is 33.2. The molecule has 0 aromatic heterocycles. The molecular formula is C37H54N2O4. The van der Waals surface area contributed by atoms with Crippen molar-refractivity contribution in [1.82, 2.24) is 9.80 Å². The van der Waals surface area contributed by atoms with Gasteiger partial charge in [0.05, 0.1) is 0 Å². The van der Waals surface area contributed by atoms with Crippen LogP contribution in [-0.4, -0.2) is 56.1 Å². The lowest BCUT2D eigenvalue weighted by atomic mass is 9.77. The average molecular weight is 591 g/mol. The normalized spacial score (nSPS) is 22.6. The second-order valence-electron chi connectivity index (χ2n) is 15.9. The van der Waals surface area contributed by atoms with E-state index in [0.29, 0.717) is 25.7 Å². The predicted octanol–water partition coefficient (Wildman–Crippen LogP) is 7.54. The van der Waals surface area contributed by atoms with Crippen molar-refractivity contribution in [3.8, 4) is 0 Å². The van der Waals surface area contributed by atoms with Gasteiger partial charge < -0.3 is 9.47 Å². The largest absolute Gasteiger partial charge is 0.461 e. The number of carbonyl (C=O) groups excluding carboxylic acids is 2. The van der Waals surface area contributed by atoms with E-state index in [1.807, 2.05) is 12.1 Å². The molecule has 2 aliphatic rings. The van der Waals surface area contributed by atoms with Gasteiger partial charge in [-0.15, -0.1) is 0 Å². The van der Waals surface area contributed by atoms with Crippen LogP contribution in [0.25, 0.3) is 0 Å². The molecule has 0 amide bonds. The smallest absolute Gasteiger partial charge is 0.323 e. The van der Waals surface area contributed by atoms with Gasteiger partial charge in [-0.25, -0.2) is 0 Å². The van der Waals surface area contributed by atoms with Gasteiger partial charge in [0.1, 0.15) is 12.2 Å². The molecule has 0 aliphatic carbocycles. The Morgan fingerprint density at radius 2 is 0.884 bits per heavy atom. The van der Waals surface area contributed by atoms with Crippen LogP contribution >= 0.6 is 0 Å². The van der Waals surface area contributed by atoms with Gasteiger partial charge in [-0.1, -0.05) is 60.7 Å². The van der Waals surface area contributed by atoms with E-state index in [1.165, 1.54) is 11.1 Å². The molecule has 2 aromatic carbocycles. The van der Waals surface area contributed by atoms with E-state index >= 15 is 0 Å². The minimum absolute atomic E-state index is 0.196. The molecule has 2 aliphatic heterocycles. The Morgan fingerprint density at radius 3 is 1.16 bits per heavy atom. The highest BCUT2D eigenvalue weighted by atomic mass is 16.6.